The molecule has 0 saturated carbocycles. The second-order valence-corrected chi connectivity index (χ2v) is 6.73. The Balaban J connectivity index is 1.66. The predicted molar refractivity (Wildman–Crippen MR) is 105 cm³/mol. The molecule has 25 heavy (non-hydrogen) atoms. The summed E-state index contributed by atoms with van der Waals surface area (Å²) in [5.41, 5.74) is 8.57. The van der Waals surface area contributed by atoms with Crippen LogP contribution in [0.5, 0.6) is 0 Å². The highest BCUT2D eigenvalue weighted by Gasteiger charge is 2.23. The molecule has 1 aromatic heterocycles. The lowest BCUT2D eigenvalue weighted by Crippen LogP contribution is -2.36. The van der Waals surface area contributed by atoms with Crippen LogP contribution in [0.4, 0.5) is 17.3 Å². The van der Waals surface area contributed by atoms with Gasteiger partial charge in [0.15, 0.2) is 11.6 Å². The Morgan fingerprint density at radius 3 is 2.40 bits per heavy atom. The van der Waals surface area contributed by atoms with Crippen molar-refractivity contribution < 1.29 is 0 Å². The van der Waals surface area contributed by atoms with Crippen LogP contribution in [0.15, 0.2) is 36.7 Å². The molecule has 0 unspecified atom stereocenters. The first kappa shape index (κ1) is 17.5. The van der Waals surface area contributed by atoms with Crippen molar-refractivity contribution in [1.29, 1.82) is 0 Å². The molecule has 0 radical (unpaired) electrons. The van der Waals surface area contributed by atoms with E-state index in [0.717, 1.165) is 43.7 Å². The summed E-state index contributed by atoms with van der Waals surface area (Å²) in [6.45, 7) is 8.07. The molecule has 0 aliphatic carbocycles. The molecular weight excluding hydrogens is 310 g/mol. The van der Waals surface area contributed by atoms with Crippen LogP contribution < -0.4 is 15.5 Å². The standard InChI is InChI=1S/C20H29N5/c1-3-24(4-2)19-18(21)20(23-15-22-19)25-12-10-17(11-13-25)14-16-8-6-5-7-9-16/h5-9,15,17H,3-4,10-14,21H2,1-2H3. The molecule has 1 fully saturated rings. The smallest absolute Gasteiger partial charge is 0.157 e. The average Bonchev–Trinajstić information content (AvgIpc) is 2.66. The SMILES string of the molecule is CCN(CC)c1ncnc(N2CCC(Cc3ccccc3)CC2)c1N. The van der Waals surface area contributed by atoms with Gasteiger partial charge in [0, 0.05) is 26.2 Å². The van der Waals surface area contributed by atoms with Crippen molar-refractivity contribution in [3.8, 4) is 0 Å². The lowest BCUT2D eigenvalue weighted by Gasteiger charge is -2.34. The zero-order valence-electron chi connectivity index (χ0n) is 15.4. The topological polar surface area (TPSA) is 58.3 Å². The lowest BCUT2D eigenvalue weighted by atomic mass is 9.90. The van der Waals surface area contributed by atoms with Crippen molar-refractivity contribution in [3.63, 3.8) is 0 Å². The number of nitrogens with two attached hydrogens (primary N) is 1. The molecule has 2 heterocycles. The van der Waals surface area contributed by atoms with Crippen molar-refractivity contribution in [1.82, 2.24) is 9.97 Å². The Hall–Kier alpha value is -2.30. The molecule has 0 spiro atoms. The van der Waals surface area contributed by atoms with Crippen LogP contribution in [0.1, 0.15) is 32.3 Å². The predicted octanol–water partition coefficient (Wildman–Crippen LogP) is 3.36. The largest absolute Gasteiger partial charge is 0.393 e. The van der Waals surface area contributed by atoms with Gasteiger partial charge in [0.25, 0.3) is 0 Å². The summed E-state index contributed by atoms with van der Waals surface area (Å²) >= 11 is 0. The monoisotopic (exact) mass is 339 g/mol. The summed E-state index contributed by atoms with van der Waals surface area (Å²) in [6, 6.07) is 10.8. The molecule has 0 atom stereocenters. The number of piperidine rings is 1. The summed E-state index contributed by atoms with van der Waals surface area (Å²) < 4.78 is 0. The summed E-state index contributed by atoms with van der Waals surface area (Å²) in [5, 5.41) is 0. The van der Waals surface area contributed by atoms with Crippen molar-refractivity contribution in [3.05, 3.63) is 42.2 Å². The number of hydrogen-bond donors (Lipinski definition) is 1. The van der Waals surface area contributed by atoms with Crippen LogP contribution in [0, 0.1) is 5.92 Å². The molecule has 2 aromatic rings. The molecule has 2 N–H and O–H groups in total. The van der Waals surface area contributed by atoms with Gasteiger partial charge in [0.05, 0.1) is 0 Å². The van der Waals surface area contributed by atoms with E-state index in [2.05, 4.69) is 63.9 Å². The van der Waals surface area contributed by atoms with Crippen molar-refractivity contribution in [2.45, 2.75) is 33.1 Å². The van der Waals surface area contributed by atoms with Gasteiger partial charge in [-0.3, -0.25) is 0 Å². The van der Waals surface area contributed by atoms with Crippen LogP contribution in [-0.4, -0.2) is 36.1 Å². The minimum Gasteiger partial charge on any atom is -0.393 e. The van der Waals surface area contributed by atoms with Crippen LogP contribution in [-0.2, 0) is 6.42 Å². The van der Waals surface area contributed by atoms with E-state index in [1.165, 1.54) is 24.8 Å². The number of aromatic nitrogens is 2. The van der Waals surface area contributed by atoms with Gasteiger partial charge in [-0.1, -0.05) is 30.3 Å². The van der Waals surface area contributed by atoms with E-state index in [-0.39, 0.29) is 0 Å². The maximum atomic E-state index is 6.42. The maximum absolute atomic E-state index is 6.42. The number of rotatable bonds is 6. The Labute approximate surface area is 150 Å². The molecular formula is C20H29N5. The molecule has 1 aliphatic rings. The molecule has 0 amide bonds. The Bertz CT molecular complexity index is 661. The van der Waals surface area contributed by atoms with Crippen molar-refractivity contribution in [2.24, 2.45) is 5.92 Å². The average molecular weight is 339 g/mol. The number of anilines is 3. The molecule has 5 nitrogen and oxygen atoms in total. The third-order valence-electron chi connectivity index (χ3n) is 5.19. The van der Waals surface area contributed by atoms with E-state index in [4.69, 9.17) is 5.73 Å². The summed E-state index contributed by atoms with van der Waals surface area (Å²) in [6.07, 6.45) is 5.17. The van der Waals surface area contributed by atoms with Gasteiger partial charge in [-0.15, -0.1) is 0 Å². The Morgan fingerprint density at radius 1 is 1.08 bits per heavy atom. The molecule has 134 valence electrons. The van der Waals surface area contributed by atoms with Crippen LogP contribution in [0.25, 0.3) is 0 Å². The second kappa shape index (κ2) is 8.19. The fourth-order valence-electron chi connectivity index (χ4n) is 3.70. The number of hydrogen-bond acceptors (Lipinski definition) is 5. The molecule has 0 bridgehead atoms. The summed E-state index contributed by atoms with van der Waals surface area (Å²) in [4.78, 5) is 13.4. The fourth-order valence-corrected chi connectivity index (χ4v) is 3.70. The first-order valence-electron chi connectivity index (χ1n) is 9.37. The third-order valence-corrected chi connectivity index (χ3v) is 5.19. The van der Waals surface area contributed by atoms with Crippen molar-refractivity contribution >= 4 is 17.3 Å². The quantitative estimate of drug-likeness (QED) is 0.874. The van der Waals surface area contributed by atoms with E-state index >= 15 is 0 Å². The van der Waals surface area contributed by atoms with Gasteiger partial charge >= 0.3 is 0 Å². The number of nitrogen functional groups attached to an aromatic ring is 1. The van der Waals surface area contributed by atoms with E-state index < -0.39 is 0 Å². The van der Waals surface area contributed by atoms with E-state index in [1.807, 2.05) is 0 Å². The van der Waals surface area contributed by atoms with Gasteiger partial charge < -0.3 is 15.5 Å². The Kier molecular flexibility index (Phi) is 5.74. The minimum absolute atomic E-state index is 0.715. The van der Waals surface area contributed by atoms with Crippen molar-refractivity contribution in [2.75, 3.05) is 41.7 Å². The minimum atomic E-state index is 0.715. The number of benzene rings is 1. The summed E-state index contributed by atoms with van der Waals surface area (Å²) in [5.74, 6) is 2.50. The molecule has 1 aliphatic heterocycles. The zero-order chi connectivity index (χ0) is 17.6. The van der Waals surface area contributed by atoms with Crippen LogP contribution >= 0.6 is 0 Å². The van der Waals surface area contributed by atoms with Gasteiger partial charge in [0.2, 0.25) is 0 Å². The highest BCUT2D eigenvalue weighted by Crippen LogP contribution is 2.32. The van der Waals surface area contributed by atoms with Gasteiger partial charge in [-0.25, -0.2) is 9.97 Å². The Morgan fingerprint density at radius 2 is 1.76 bits per heavy atom. The van der Waals surface area contributed by atoms with Gasteiger partial charge in [0.1, 0.15) is 12.0 Å². The first-order chi connectivity index (χ1) is 12.2. The fraction of sp³-hybridized carbons (Fsp3) is 0.500. The zero-order valence-corrected chi connectivity index (χ0v) is 15.4. The molecule has 3 rings (SSSR count). The van der Waals surface area contributed by atoms with E-state index in [9.17, 15) is 0 Å². The molecule has 5 heteroatoms. The molecule has 1 aromatic carbocycles. The van der Waals surface area contributed by atoms with E-state index in [1.54, 1.807) is 6.33 Å². The van der Waals surface area contributed by atoms with Crippen LogP contribution in [0.2, 0.25) is 0 Å². The van der Waals surface area contributed by atoms with Gasteiger partial charge in [-0.2, -0.15) is 0 Å². The van der Waals surface area contributed by atoms with Gasteiger partial charge in [-0.05, 0) is 44.6 Å². The second-order valence-electron chi connectivity index (χ2n) is 6.73. The highest BCUT2D eigenvalue weighted by atomic mass is 15.2. The first-order valence-corrected chi connectivity index (χ1v) is 9.37. The van der Waals surface area contributed by atoms with E-state index in [0.29, 0.717) is 5.69 Å². The van der Waals surface area contributed by atoms with Crippen LogP contribution in [0.3, 0.4) is 0 Å². The molecule has 1 saturated heterocycles. The normalized spacial score (nSPS) is 15.4. The maximum Gasteiger partial charge on any atom is 0.157 e. The number of nitrogens with zero attached hydrogens (tertiary/aromatic N) is 4. The lowest BCUT2D eigenvalue weighted by molar-refractivity contribution is 0.402. The highest BCUT2D eigenvalue weighted by molar-refractivity contribution is 5.75. The summed E-state index contributed by atoms with van der Waals surface area (Å²) in [7, 11) is 0. The third kappa shape index (κ3) is 4.03.